The quantitative estimate of drug-likeness (QED) is 0.516. The summed E-state index contributed by atoms with van der Waals surface area (Å²) in [7, 11) is 0. The molecule has 0 bridgehead atoms. The van der Waals surface area contributed by atoms with Crippen LogP contribution in [0.1, 0.15) is 18.1 Å². The molecule has 2 aromatic rings. The summed E-state index contributed by atoms with van der Waals surface area (Å²) in [5.41, 5.74) is 5.21. The molecule has 6 heteroatoms. The lowest BCUT2D eigenvalue weighted by molar-refractivity contribution is -0.136. The van der Waals surface area contributed by atoms with Crippen LogP contribution >= 0.6 is 11.6 Å². The minimum atomic E-state index is -0.834. The standard InChI is InChI=1S/C17H16ClN3O2/c1-11-3-9-15(10-4-11)19-16(22)17(23)21-20-12(2)13-5-7-14(18)8-6-13/h3-10H,1-2H3,(H,19,22)(H,21,23). The van der Waals surface area contributed by atoms with Crippen molar-refractivity contribution < 1.29 is 9.59 Å². The number of benzene rings is 2. The molecule has 0 saturated carbocycles. The molecule has 5 nitrogen and oxygen atoms in total. The van der Waals surface area contributed by atoms with Gasteiger partial charge in [-0.1, -0.05) is 41.4 Å². The van der Waals surface area contributed by atoms with Gasteiger partial charge in [-0.2, -0.15) is 5.10 Å². The molecule has 2 rings (SSSR count). The fourth-order valence-corrected chi connectivity index (χ4v) is 1.89. The number of rotatable bonds is 3. The van der Waals surface area contributed by atoms with E-state index >= 15 is 0 Å². The van der Waals surface area contributed by atoms with E-state index < -0.39 is 11.8 Å². The molecule has 0 spiro atoms. The van der Waals surface area contributed by atoms with E-state index in [0.29, 0.717) is 16.4 Å². The van der Waals surface area contributed by atoms with Gasteiger partial charge in [0.1, 0.15) is 0 Å². The number of hydrogen-bond donors (Lipinski definition) is 2. The predicted molar refractivity (Wildman–Crippen MR) is 91.6 cm³/mol. The molecule has 0 aliphatic carbocycles. The number of nitrogens with one attached hydrogen (secondary N) is 2. The first-order chi connectivity index (χ1) is 11.0. The predicted octanol–water partition coefficient (Wildman–Crippen LogP) is 3.13. The minimum Gasteiger partial charge on any atom is -0.318 e. The normalized spacial score (nSPS) is 11.0. The van der Waals surface area contributed by atoms with Crippen molar-refractivity contribution in [3.63, 3.8) is 0 Å². The van der Waals surface area contributed by atoms with E-state index in [1.54, 1.807) is 43.3 Å². The summed E-state index contributed by atoms with van der Waals surface area (Å²) in [6.07, 6.45) is 0. The Hall–Kier alpha value is -2.66. The van der Waals surface area contributed by atoms with Crippen molar-refractivity contribution in [2.24, 2.45) is 5.10 Å². The van der Waals surface area contributed by atoms with E-state index in [-0.39, 0.29) is 0 Å². The van der Waals surface area contributed by atoms with E-state index in [0.717, 1.165) is 11.1 Å². The first-order valence-electron chi connectivity index (χ1n) is 6.94. The maximum atomic E-state index is 11.8. The number of anilines is 1. The molecule has 0 unspecified atom stereocenters. The topological polar surface area (TPSA) is 70.6 Å². The van der Waals surface area contributed by atoms with Crippen LogP contribution in [0.5, 0.6) is 0 Å². The second kappa shape index (κ2) is 7.56. The van der Waals surface area contributed by atoms with E-state index in [2.05, 4.69) is 15.8 Å². The lowest BCUT2D eigenvalue weighted by Gasteiger charge is -2.05. The van der Waals surface area contributed by atoms with Gasteiger partial charge >= 0.3 is 11.8 Å². The Labute approximate surface area is 139 Å². The highest BCUT2D eigenvalue weighted by Gasteiger charge is 2.13. The zero-order chi connectivity index (χ0) is 16.8. The molecule has 0 aromatic heterocycles. The Balaban J connectivity index is 1.95. The maximum Gasteiger partial charge on any atom is 0.329 e. The Kier molecular flexibility index (Phi) is 5.49. The number of hydrogen-bond acceptors (Lipinski definition) is 3. The molecule has 2 aromatic carbocycles. The van der Waals surface area contributed by atoms with E-state index in [9.17, 15) is 9.59 Å². The molecule has 23 heavy (non-hydrogen) atoms. The molecule has 0 saturated heterocycles. The monoisotopic (exact) mass is 329 g/mol. The molecular weight excluding hydrogens is 314 g/mol. The Morgan fingerprint density at radius 3 is 2.17 bits per heavy atom. The van der Waals surface area contributed by atoms with Crippen molar-refractivity contribution in [3.8, 4) is 0 Å². The van der Waals surface area contributed by atoms with Crippen molar-refractivity contribution in [1.29, 1.82) is 0 Å². The van der Waals surface area contributed by atoms with Gasteiger partial charge in [-0.25, -0.2) is 5.43 Å². The minimum absolute atomic E-state index is 0.550. The van der Waals surface area contributed by atoms with Gasteiger partial charge in [0.2, 0.25) is 0 Å². The second-order valence-corrected chi connectivity index (χ2v) is 5.40. The Morgan fingerprint density at radius 1 is 0.957 bits per heavy atom. The molecule has 118 valence electrons. The Morgan fingerprint density at radius 2 is 1.57 bits per heavy atom. The first kappa shape index (κ1) is 16.7. The van der Waals surface area contributed by atoms with Crippen LogP contribution in [0.3, 0.4) is 0 Å². The summed E-state index contributed by atoms with van der Waals surface area (Å²) in [6, 6.07) is 14.1. The maximum absolute atomic E-state index is 11.8. The van der Waals surface area contributed by atoms with E-state index in [1.807, 2.05) is 19.1 Å². The van der Waals surface area contributed by atoms with Crippen LogP contribution < -0.4 is 10.7 Å². The molecule has 0 heterocycles. The molecule has 0 aliphatic rings. The van der Waals surface area contributed by atoms with Crippen LogP contribution in [-0.4, -0.2) is 17.5 Å². The van der Waals surface area contributed by atoms with Gasteiger partial charge < -0.3 is 5.32 Å². The molecule has 0 aliphatic heterocycles. The zero-order valence-electron chi connectivity index (χ0n) is 12.8. The van der Waals surface area contributed by atoms with Gasteiger partial charge in [-0.15, -0.1) is 0 Å². The lowest BCUT2D eigenvalue weighted by Crippen LogP contribution is -2.32. The van der Waals surface area contributed by atoms with Crippen LogP contribution in [-0.2, 0) is 9.59 Å². The highest BCUT2D eigenvalue weighted by molar-refractivity contribution is 6.39. The van der Waals surface area contributed by atoms with Crippen molar-refractivity contribution in [2.75, 3.05) is 5.32 Å². The first-order valence-corrected chi connectivity index (χ1v) is 7.32. The summed E-state index contributed by atoms with van der Waals surface area (Å²) < 4.78 is 0. The number of carbonyl (C=O) groups excluding carboxylic acids is 2. The van der Waals surface area contributed by atoms with Crippen LogP contribution in [0.4, 0.5) is 5.69 Å². The number of nitrogens with zero attached hydrogens (tertiary/aromatic N) is 1. The summed E-state index contributed by atoms with van der Waals surface area (Å²) in [4.78, 5) is 23.5. The van der Waals surface area contributed by atoms with Gasteiger partial charge in [0.25, 0.3) is 0 Å². The number of halogens is 1. The van der Waals surface area contributed by atoms with Gasteiger partial charge in [-0.3, -0.25) is 9.59 Å². The highest BCUT2D eigenvalue weighted by Crippen LogP contribution is 2.10. The summed E-state index contributed by atoms with van der Waals surface area (Å²) in [6.45, 7) is 3.66. The third kappa shape index (κ3) is 4.93. The van der Waals surface area contributed by atoms with Crippen molar-refractivity contribution in [3.05, 3.63) is 64.7 Å². The third-order valence-electron chi connectivity index (χ3n) is 3.10. The van der Waals surface area contributed by atoms with E-state index in [4.69, 9.17) is 11.6 Å². The molecule has 2 N–H and O–H groups in total. The number of hydrazone groups is 1. The third-order valence-corrected chi connectivity index (χ3v) is 3.35. The SMILES string of the molecule is CC(=NNC(=O)C(=O)Nc1ccc(C)cc1)c1ccc(Cl)cc1. The summed E-state index contributed by atoms with van der Waals surface area (Å²) in [5, 5.41) is 7.03. The average Bonchev–Trinajstić information content (AvgIpc) is 2.55. The zero-order valence-corrected chi connectivity index (χ0v) is 13.5. The summed E-state index contributed by atoms with van der Waals surface area (Å²) >= 11 is 5.81. The lowest BCUT2D eigenvalue weighted by atomic mass is 10.1. The van der Waals surface area contributed by atoms with Gasteiger partial charge in [-0.05, 0) is 43.7 Å². The number of aryl methyl sites for hydroxylation is 1. The molecule has 0 fully saturated rings. The van der Waals surface area contributed by atoms with Crippen molar-refractivity contribution >= 4 is 34.8 Å². The van der Waals surface area contributed by atoms with Crippen molar-refractivity contribution in [2.45, 2.75) is 13.8 Å². The summed E-state index contributed by atoms with van der Waals surface area (Å²) in [5.74, 6) is -1.61. The van der Waals surface area contributed by atoms with Crippen LogP contribution in [0.25, 0.3) is 0 Å². The van der Waals surface area contributed by atoms with Gasteiger partial charge in [0.05, 0.1) is 5.71 Å². The molecule has 0 atom stereocenters. The van der Waals surface area contributed by atoms with Crippen LogP contribution in [0.2, 0.25) is 5.02 Å². The van der Waals surface area contributed by atoms with Gasteiger partial charge in [0.15, 0.2) is 0 Å². The largest absolute Gasteiger partial charge is 0.329 e. The smallest absolute Gasteiger partial charge is 0.318 e. The van der Waals surface area contributed by atoms with Gasteiger partial charge in [0, 0.05) is 10.7 Å². The van der Waals surface area contributed by atoms with Crippen LogP contribution in [0, 0.1) is 6.92 Å². The fourth-order valence-electron chi connectivity index (χ4n) is 1.77. The highest BCUT2D eigenvalue weighted by atomic mass is 35.5. The fraction of sp³-hybridized carbons (Fsp3) is 0.118. The average molecular weight is 330 g/mol. The number of carbonyl (C=O) groups is 2. The molecule has 2 amide bonds. The second-order valence-electron chi connectivity index (χ2n) is 4.97. The van der Waals surface area contributed by atoms with Crippen LogP contribution in [0.15, 0.2) is 53.6 Å². The molecular formula is C17H16ClN3O2. The Bertz CT molecular complexity index is 737. The number of amides is 2. The molecule has 0 radical (unpaired) electrons. The van der Waals surface area contributed by atoms with Crippen molar-refractivity contribution in [1.82, 2.24) is 5.43 Å². The van der Waals surface area contributed by atoms with E-state index in [1.165, 1.54) is 0 Å².